The lowest BCUT2D eigenvalue weighted by molar-refractivity contribution is -0.128. The van der Waals surface area contributed by atoms with Crippen LogP contribution in [0.4, 0.5) is 5.69 Å². The van der Waals surface area contributed by atoms with Crippen molar-refractivity contribution < 1.29 is 9.53 Å². The predicted octanol–water partition coefficient (Wildman–Crippen LogP) is 1.13. The van der Waals surface area contributed by atoms with Gasteiger partial charge in [0.05, 0.1) is 18.9 Å². The van der Waals surface area contributed by atoms with E-state index in [1.54, 1.807) is 19.3 Å². The standard InChI is InChI=1S/C17H25N3O3/c1-12-8-16(21)19(2)10-14(12)18-17(22)15-11-23-7-6-20(15)9-13-4-3-5-13/h8,10,13,15H,3-7,9,11H2,1-2H3,(H,18,22)/t15-/m1/s1. The summed E-state index contributed by atoms with van der Waals surface area (Å²) in [5, 5.41) is 2.97. The summed E-state index contributed by atoms with van der Waals surface area (Å²) in [7, 11) is 1.68. The molecule has 1 aliphatic carbocycles. The zero-order valence-electron chi connectivity index (χ0n) is 13.9. The topological polar surface area (TPSA) is 63.6 Å². The molecule has 0 radical (unpaired) electrons. The third kappa shape index (κ3) is 3.64. The molecule has 126 valence electrons. The largest absolute Gasteiger partial charge is 0.378 e. The summed E-state index contributed by atoms with van der Waals surface area (Å²) in [5.41, 5.74) is 1.39. The number of aromatic nitrogens is 1. The Morgan fingerprint density at radius 3 is 2.91 bits per heavy atom. The molecule has 2 aliphatic rings. The van der Waals surface area contributed by atoms with Crippen LogP contribution in [0.2, 0.25) is 0 Å². The second-order valence-corrected chi connectivity index (χ2v) is 6.69. The Morgan fingerprint density at radius 2 is 2.22 bits per heavy atom. The normalized spacial score (nSPS) is 22.6. The molecule has 0 spiro atoms. The highest BCUT2D eigenvalue weighted by Gasteiger charge is 2.32. The van der Waals surface area contributed by atoms with Gasteiger partial charge in [0.1, 0.15) is 6.04 Å². The first kappa shape index (κ1) is 16.2. The van der Waals surface area contributed by atoms with Gasteiger partial charge in [-0.3, -0.25) is 14.5 Å². The Hall–Kier alpha value is -1.66. The van der Waals surface area contributed by atoms with Crippen LogP contribution in [0.3, 0.4) is 0 Å². The molecule has 2 heterocycles. The molecule has 0 aromatic carbocycles. The number of aryl methyl sites for hydroxylation is 2. The molecular weight excluding hydrogens is 294 g/mol. The molecular formula is C17H25N3O3. The molecule has 1 atom stereocenters. The van der Waals surface area contributed by atoms with Gasteiger partial charge in [0.15, 0.2) is 0 Å². The van der Waals surface area contributed by atoms with Crippen molar-refractivity contribution in [2.45, 2.75) is 32.2 Å². The molecule has 6 heteroatoms. The van der Waals surface area contributed by atoms with E-state index < -0.39 is 0 Å². The Labute approximate surface area is 136 Å². The lowest BCUT2D eigenvalue weighted by Crippen LogP contribution is -2.53. The number of pyridine rings is 1. The molecule has 3 rings (SSSR count). The average Bonchev–Trinajstić information content (AvgIpc) is 2.49. The number of carbonyl (C=O) groups is 1. The van der Waals surface area contributed by atoms with Crippen LogP contribution in [0.25, 0.3) is 0 Å². The fourth-order valence-corrected chi connectivity index (χ4v) is 3.18. The molecule has 1 aromatic rings. The minimum absolute atomic E-state index is 0.0502. The lowest BCUT2D eigenvalue weighted by atomic mass is 9.84. The average molecular weight is 319 g/mol. The van der Waals surface area contributed by atoms with Gasteiger partial charge in [-0.25, -0.2) is 0 Å². The summed E-state index contributed by atoms with van der Waals surface area (Å²) in [6.45, 7) is 4.74. The van der Waals surface area contributed by atoms with Gasteiger partial charge in [-0.15, -0.1) is 0 Å². The fraction of sp³-hybridized carbons (Fsp3) is 0.647. The molecule has 6 nitrogen and oxygen atoms in total. The second-order valence-electron chi connectivity index (χ2n) is 6.69. The maximum atomic E-state index is 12.7. The molecule has 1 saturated heterocycles. The smallest absolute Gasteiger partial charge is 0.250 e. The summed E-state index contributed by atoms with van der Waals surface area (Å²) in [5.74, 6) is 0.674. The molecule has 1 aliphatic heterocycles. The number of carbonyl (C=O) groups excluding carboxylic acids is 1. The van der Waals surface area contributed by atoms with Crippen molar-refractivity contribution in [1.82, 2.24) is 9.47 Å². The molecule has 1 amide bonds. The summed E-state index contributed by atoms with van der Waals surface area (Å²) < 4.78 is 7.00. The predicted molar refractivity (Wildman–Crippen MR) is 88.6 cm³/mol. The van der Waals surface area contributed by atoms with Crippen molar-refractivity contribution in [3.63, 3.8) is 0 Å². The van der Waals surface area contributed by atoms with Gasteiger partial charge >= 0.3 is 0 Å². The monoisotopic (exact) mass is 319 g/mol. The van der Waals surface area contributed by atoms with Crippen LogP contribution in [0.15, 0.2) is 17.1 Å². The number of nitrogens with one attached hydrogen (secondary N) is 1. The van der Waals surface area contributed by atoms with Crippen molar-refractivity contribution in [2.24, 2.45) is 13.0 Å². The molecule has 23 heavy (non-hydrogen) atoms. The zero-order chi connectivity index (χ0) is 16.4. The van der Waals surface area contributed by atoms with Crippen LogP contribution in [-0.2, 0) is 16.6 Å². The third-order valence-corrected chi connectivity index (χ3v) is 4.95. The molecule has 1 saturated carbocycles. The first-order valence-electron chi connectivity index (χ1n) is 8.34. The van der Waals surface area contributed by atoms with E-state index in [-0.39, 0.29) is 17.5 Å². The number of amides is 1. The highest BCUT2D eigenvalue weighted by atomic mass is 16.5. The molecule has 0 bridgehead atoms. The van der Waals surface area contributed by atoms with Crippen LogP contribution in [-0.4, -0.2) is 47.7 Å². The van der Waals surface area contributed by atoms with Gasteiger partial charge in [-0.05, 0) is 31.2 Å². The SMILES string of the molecule is Cc1cc(=O)n(C)cc1NC(=O)[C@H]1COCCN1CC1CCC1. The Morgan fingerprint density at radius 1 is 1.43 bits per heavy atom. The number of anilines is 1. The van der Waals surface area contributed by atoms with Gasteiger partial charge in [0, 0.05) is 32.4 Å². The van der Waals surface area contributed by atoms with Gasteiger partial charge in [0.2, 0.25) is 5.91 Å². The summed E-state index contributed by atoms with van der Waals surface area (Å²) in [6, 6.07) is 1.29. The second kappa shape index (κ2) is 6.84. The van der Waals surface area contributed by atoms with Gasteiger partial charge in [-0.2, -0.15) is 0 Å². The van der Waals surface area contributed by atoms with E-state index in [4.69, 9.17) is 4.74 Å². The minimum atomic E-state index is -0.249. The Kier molecular flexibility index (Phi) is 4.82. The number of hydrogen-bond donors (Lipinski definition) is 1. The number of nitrogens with zero attached hydrogens (tertiary/aromatic N) is 2. The van der Waals surface area contributed by atoms with Crippen LogP contribution in [0.5, 0.6) is 0 Å². The summed E-state index contributed by atoms with van der Waals surface area (Å²) in [4.78, 5) is 26.6. The molecule has 0 unspecified atom stereocenters. The van der Waals surface area contributed by atoms with E-state index in [0.29, 0.717) is 18.9 Å². The highest BCUT2D eigenvalue weighted by molar-refractivity contribution is 5.95. The van der Waals surface area contributed by atoms with Crippen LogP contribution >= 0.6 is 0 Å². The van der Waals surface area contributed by atoms with Gasteiger partial charge in [0.25, 0.3) is 5.56 Å². The van der Waals surface area contributed by atoms with E-state index in [0.717, 1.165) is 24.6 Å². The Bertz CT molecular complexity index is 636. The van der Waals surface area contributed by atoms with Crippen molar-refractivity contribution in [1.29, 1.82) is 0 Å². The molecule has 2 fully saturated rings. The number of rotatable bonds is 4. The van der Waals surface area contributed by atoms with Crippen molar-refractivity contribution in [3.8, 4) is 0 Å². The molecule has 1 N–H and O–H groups in total. The van der Waals surface area contributed by atoms with E-state index >= 15 is 0 Å². The molecule has 1 aromatic heterocycles. The third-order valence-electron chi connectivity index (χ3n) is 4.95. The van der Waals surface area contributed by atoms with E-state index in [9.17, 15) is 9.59 Å². The van der Waals surface area contributed by atoms with Crippen molar-refractivity contribution >= 4 is 11.6 Å². The van der Waals surface area contributed by atoms with Gasteiger partial charge < -0.3 is 14.6 Å². The van der Waals surface area contributed by atoms with Crippen molar-refractivity contribution in [3.05, 3.63) is 28.2 Å². The Balaban J connectivity index is 1.70. The lowest BCUT2D eigenvalue weighted by Gasteiger charge is -2.39. The van der Waals surface area contributed by atoms with Crippen LogP contribution < -0.4 is 10.9 Å². The van der Waals surface area contributed by atoms with E-state index in [1.807, 2.05) is 6.92 Å². The number of ether oxygens (including phenoxy) is 1. The number of hydrogen-bond acceptors (Lipinski definition) is 4. The van der Waals surface area contributed by atoms with Crippen LogP contribution in [0.1, 0.15) is 24.8 Å². The highest BCUT2D eigenvalue weighted by Crippen LogP contribution is 2.28. The number of morpholine rings is 1. The summed E-state index contributed by atoms with van der Waals surface area (Å²) in [6.07, 6.45) is 5.52. The first-order valence-corrected chi connectivity index (χ1v) is 8.34. The maximum Gasteiger partial charge on any atom is 0.250 e. The first-order chi connectivity index (χ1) is 11.0. The van der Waals surface area contributed by atoms with Crippen molar-refractivity contribution in [2.75, 3.05) is 31.6 Å². The zero-order valence-corrected chi connectivity index (χ0v) is 13.9. The maximum absolute atomic E-state index is 12.7. The van der Waals surface area contributed by atoms with E-state index in [1.165, 1.54) is 23.8 Å². The van der Waals surface area contributed by atoms with Crippen LogP contribution in [0, 0.1) is 12.8 Å². The summed E-state index contributed by atoms with van der Waals surface area (Å²) >= 11 is 0. The van der Waals surface area contributed by atoms with Gasteiger partial charge in [-0.1, -0.05) is 6.42 Å². The fourth-order valence-electron chi connectivity index (χ4n) is 3.18. The quantitative estimate of drug-likeness (QED) is 0.904. The minimum Gasteiger partial charge on any atom is -0.378 e. The van der Waals surface area contributed by atoms with E-state index in [2.05, 4.69) is 10.2 Å².